The van der Waals surface area contributed by atoms with Crippen molar-refractivity contribution in [2.24, 2.45) is 7.05 Å². The van der Waals surface area contributed by atoms with Crippen molar-refractivity contribution in [3.8, 4) is 0 Å². The Morgan fingerprint density at radius 3 is 2.83 bits per heavy atom. The van der Waals surface area contributed by atoms with Gasteiger partial charge in [-0.05, 0) is 30.7 Å². The van der Waals surface area contributed by atoms with Crippen LogP contribution in [0.2, 0.25) is 5.02 Å². The van der Waals surface area contributed by atoms with Gasteiger partial charge in [0.15, 0.2) is 0 Å². The van der Waals surface area contributed by atoms with Gasteiger partial charge in [-0.25, -0.2) is 0 Å². The van der Waals surface area contributed by atoms with Gasteiger partial charge in [0.25, 0.3) is 11.6 Å². The smallest absolute Gasteiger partial charge is 0.288 e. The van der Waals surface area contributed by atoms with Gasteiger partial charge >= 0.3 is 0 Å². The third-order valence-corrected chi connectivity index (χ3v) is 3.75. The molecule has 8 heteroatoms. The van der Waals surface area contributed by atoms with E-state index in [1.807, 2.05) is 19.3 Å². The number of aliphatic hydroxyl groups is 1. The summed E-state index contributed by atoms with van der Waals surface area (Å²) in [6.07, 6.45) is 1.46. The van der Waals surface area contributed by atoms with E-state index in [9.17, 15) is 20.0 Å². The van der Waals surface area contributed by atoms with Crippen molar-refractivity contribution in [2.75, 3.05) is 6.54 Å². The van der Waals surface area contributed by atoms with Crippen LogP contribution in [0.25, 0.3) is 0 Å². The van der Waals surface area contributed by atoms with E-state index in [-0.39, 0.29) is 22.8 Å². The van der Waals surface area contributed by atoms with E-state index >= 15 is 0 Å². The first-order chi connectivity index (χ1) is 10.9. The van der Waals surface area contributed by atoms with Gasteiger partial charge in [0, 0.05) is 37.1 Å². The summed E-state index contributed by atoms with van der Waals surface area (Å²) >= 11 is 5.70. The summed E-state index contributed by atoms with van der Waals surface area (Å²) in [5.41, 5.74) is 0.582. The molecule has 1 heterocycles. The first kappa shape index (κ1) is 17.0. The van der Waals surface area contributed by atoms with Crippen molar-refractivity contribution >= 4 is 23.2 Å². The summed E-state index contributed by atoms with van der Waals surface area (Å²) in [7, 11) is 1.82. The number of carbonyl (C=O) groups excluding carboxylic acids is 1. The lowest BCUT2D eigenvalue weighted by Gasteiger charge is -2.12. The molecule has 0 aliphatic rings. The Morgan fingerprint density at radius 2 is 2.22 bits per heavy atom. The van der Waals surface area contributed by atoms with Crippen molar-refractivity contribution in [1.82, 2.24) is 9.88 Å². The predicted molar refractivity (Wildman–Crippen MR) is 85.4 cm³/mol. The molecule has 0 aliphatic heterocycles. The maximum absolute atomic E-state index is 12.0. The molecule has 0 fully saturated rings. The van der Waals surface area contributed by atoms with E-state index < -0.39 is 16.9 Å². The van der Waals surface area contributed by atoms with Gasteiger partial charge in [-0.3, -0.25) is 14.9 Å². The summed E-state index contributed by atoms with van der Waals surface area (Å²) in [6, 6.07) is 7.48. The number of nitrogens with zero attached hydrogens (tertiary/aromatic N) is 2. The van der Waals surface area contributed by atoms with Crippen molar-refractivity contribution < 1.29 is 14.8 Å². The molecule has 7 nitrogen and oxygen atoms in total. The second-order valence-corrected chi connectivity index (χ2v) is 5.43. The molecule has 2 aromatic rings. The lowest BCUT2D eigenvalue weighted by atomic mass is 10.1. The Bertz CT molecular complexity index is 729. The lowest BCUT2D eigenvalue weighted by molar-refractivity contribution is -0.384. The third kappa shape index (κ3) is 4.08. The largest absolute Gasteiger partial charge is 0.387 e. The molecule has 1 amide bonds. The Labute approximate surface area is 137 Å². The van der Waals surface area contributed by atoms with Gasteiger partial charge in [0.2, 0.25) is 0 Å². The summed E-state index contributed by atoms with van der Waals surface area (Å²) in [5, 5.41) is 23.5. The number of hydrogen-bond acceptors (Lipinski definition) is 4. The Balaban J connectivity index is 1.94. The highest BCUT2D eigenvalue weighted by molar-refractivity contribution is 6.32. The second kappa shape index (κ2) is 7.26. The van der Waals surface area contributed by atoms with E-state index in [4.69, 9.17) is 11.6 Å². The molecular weight excluding hydrogens is 322 g/mol. The van der Waals surface area contributed by atoms with Crippen LogP contribution >= 0.6 is 11.6 Å². The van der Waals surface area contributed by atoms with E-state index in [1.165, 1.54) is 12.1 Å². The van der Waals surface area contributed by atoms with Gasteiger partial charge in [-0.2, -0.15) is 0 Å². The molecule has 1 atom stereocenters. The molecule has 1 aromatic heterocycles. The van der Waals surface area contributed by atoms with Crippen molar-refractivity contribution in [1.29, 1.82) is 0 Å². The fraction of sp³-hybridized carbons (Fsp3) is 0.267. The average Bonchev–Trinajstić information content (AvgIpc) is 2.93. The fourth-order valence-electron chi connectivity index (χ4n) is 2.19. The van der Waals surface area contributed by atoms with E-state index in [1.54, 1.807) is 10.6 Å². The van der Waals surface area contributed by atoms with Gasteiger partial charge in [0.05, 0.1) is 11.0 Å². The van der Waals surface area contributed by atoms with E-state index in [2.05, 4.69) is 5.32 Å². The minimum atomic E-state index is -0.699. The SMILES string of the molecule is Cn1cccc1C(O)CCNC(=O)c1ccc(Cl)c([N+](=O)[O-])c1. The average molecular weight is 338 g/mol. The van der Waals surface area contributed by atoms with Crippen LogP contribution in [-0.2, 0) is 7.05 Å². The molecular formula is C15H16ClN3O4. The molecule has 2 rings (SSSR count). The number of halogens is 1. The van der Waals surface area contributed by atoms with Crippen LogP contribution in [0.15, 0.2) is 36.5 Å². The molecule has 2 N–H and O–H groups in total. The quantitative estimate of drug-likeness (QED) is 0.625. The first-order valence-corrected chi connectivity index (χ1v) is 7.29. The third-order valence-electron chi connectivity index (χ3n) is 3.43. The number of carbonyl (C=O) groups is 1. The van der Waals surface area contributed by atoms with Gasteiger partial charge in [0.1, 0.15) is 5.02 Å². The maximum Gasteiger partial charge on any atom is 0.288 e. The van der Waals surface area contributed by atoms with Crippen molar-refractivity contribution in [3.05, 3.63) is 62.9 Å². The summed E-state index contributed by atoms with van der Waals surface area (Å²) in [5.74, 6) is -0.455. The van der Waals surface area contributed by atoms with E-state index in [0.717, 1.165) is 11.8 Å². The number of nitrogens with one attached hydrogen (secondary N) is 1. The van der Waals surface area contributed by atoms with Crippen molar-refractivity contribution in [2.45, 2.75) is 12.5 Å². The summed E-state index contributed by atoms with van der Waals surface area (Å²) in [6.45, 7) is 0.238. The first-order valence-electron chi connectivity index (χ1n) is 6.91. The molecule has 0 saturated heterocycles. The maximum atomic E-state index is 12.0. The van der Waals surface area contributed by atoms with Crippen LogP contribution in [0.4, 0.5) is 5.69 Å². The number of benzene rings is 1. The van der Waals surface area contributed by atoms with Gasteiger partial charge in [-0.15, -0.1) is 0 Å². The molecule has 0 spiro atoms. The Hall–Kier alpha value is -2.38. The molecule has 1 aromatic carbocycles. The normalized spacial score (nSPS) is 12.0. The molecule has 1 unspecified atom stereocenters. The molecule has 0 aliphatic carbocycles. The number of aliphatic hydroxyl groups excluding tert-OH is 1. The highest BCUT2D eigenvalue weighted by atomic mass is 35.5. The number of nitro benzene ring substituents is 1. The number of hydrogen-bond donors (Lipinski definition) is 2. The number of amides is 1. The summed E-state index contributed by atoms with van der Waals surface area (Å²) < 4.78 is 1.80. The van der Waals surface area contributed by atoms with Crippen LogP contribution in [0.1, 0.15) is 28.6 Å². The number of nitro groups is 1. The number of aryl methyl sites for hydroxylation is 1. The van der Waals surface area contributed by atoms with Crippen LogP contribution in [0.3, 0.4) is 0 Å². The lowest BCUT2D eigenvalue weighted by Crippen LogP contribution is -2.26. The molecule has 122 valence electrons. The Kier molecular flexibility index (Phi) is 5.36. The fourth-order valence-corrected chi connectivity index (χ4v) is 2.37. The highest BCUT2D eigenvalue weighted by Crippen LogP contribution is 2.25. The van der Waals surface area contributed by atoms with Crippen LogP contribution < -0.4 is 5.32 Å². The van der Waals surface area contributed by atoms with Crippen molar-refractivity contribution in [3.63, 3.8) is 0 Å². The monoisotopic (exact) mass is 337 g/mol. The zero-order valence-corrected chi connectivity index (χ0v) is 13.2. The van der Waals surface area contributed by atoms with Crippen LogP contribution in [-0.4, -0.2) is 27.0 Å². The minimum absolute atomic E-state index is 0.0225. The predicted octanol–water partition coefficient (Wildman–Crippen LogP) is 2.44. The zero-order chi connectivity index (χ0) is 17.0. The highest BCUT2D eigenvalue weighted by Gasteiger charge is 2.16. The van der Waals surface area contributed by atoms with Gasteiger partial charge < -0.3 is 15.0 Å². The Morgan fingerprint density at radius 1 is 1.48 bits per heavy atom. The molecule has 23 heavy (non-hydrogen) atoms. The zero-order valence-electron chi connectivity index (χ0n) is 12.4. The second-order valence-electron chi connectivity index (χ2n) is 5.03. The molecule has 0 bridgehead atoms. The van der Waals surface area contributed by atoms with Gasteiger partial charge in [-0.1, -0.05) is 11.6 Å². The minimum Gasteiger partial charge on any atom is -0.387 e. The molecule has 0 radical (unpaired) electrons. The van der Waals surface area contributed by atoms with E-state index in [0.29, 0.717) is 6.42 Å². The number of aromatic nitrogens is 1. The van der Waals surface area contributed by atoms with Crippen LogP contribution in [0.5, 0.6) is 0 Å². The topological polar surface area (TPSA) is 97.4 Å². The summed E-state index contributed by atoms with van der Waals surface area (Å²) in [4.78, 5) is 22.2. The molecule has 0 saturated carbocycles. The number of rotatable bonds is 6. The van der Waals surface area contributed by atoms with Crippen LogP contribution in [0, 0.1) is 10.1 Å². The standard InChI is InChI=1S/C15H16ClN3O4/c1-18-8-2-3-12(18)14(20)6-7-17-15(21)10-4-5-11(16)13(9-10)19(22)23/h2-5,8-9,14,20H,6-7H2,1H3,(H,17,21).